The van der Waals surface area contributed by atoms with E-state index in [2.05, 4.69) is 19.9 Å². The van der Waals surface area contributed by atoms with Crippen LogP contribution in [-0.2, 0) is 0 Å². The summed E-state index contributed by atoms with van der Waals surface area (Å²) in [7, 11) is 0. The minimum absolute atomic E-state index is 0.291. The standard InChI is InChI=1S/C12H9N5OS2/c13-8-3-1-7(2-4-8)9-5-19-12(14-9)15-11(18)10-6-20-17-16-10/h1-6H,13H2,(H,14,15,18). The van der Waals surface area contributed by atoms with Gasteiger partial charge in [-0.15, -0.1) is 16.4 Å². The van der Waals surface area contributed by atoms with E-state index in [-0.39, 0.29) is 5.91 Å². The van der Waals surface area contributed by atoms with Crippen LogP contribution in [0.5, 0.6) is 0 Å². The molecule has 0 bridgehead atoms. The number of aromatic nitrogens is 3. The van der Waals surface area contributed by atoms with Crippen molar-refractivity contribution in [1.29, 1.82) is 0 Å². The second-order valence-corrected chi connectivity index (χ2v) is 5.37. The van der Waals surface area contributed by atoms with Crippen molar-refractivity contribution < 1.29 is 4.79 Å². The number of nitrogens with one attached hydrogen (secondary N) is 1. The lowest BCUT2D eigenvalue weighted by Crippen LogP contribution is -2.12. The van der Waals surface area contributed by atoms with Gasteiger partial charge in [0.15, 0.2) is 10.8 Å². The van der Waals surface area contributed by atoms with E-state index in [4.69, 9.17) is 5.73 Å². The number of amides is 1. The molecule has 3 aromatic rings. The summed E-state index contributed by atoms with van der Waals surface area (Å²) in [5, 5.41) is 10.4. The number of thiazole rings is 1. The molecule has 2 aromatic heterocycles. The summed E-state index contributed by atoms with van der Waals surface area (Å²) in [6.07, 6.45) is 0. The normalized spacial score (nSPS) is 10.4. The lowest BCUT2D eigenvalue weighted by molar-refractivity contribution is 0.102. The predicted molar refractivity (Wildman–Crippen MR) is 79.8 cm³/mol. The number of anilines is 2. The Labute approximate surface area is 122 Å². The maximum atomic E-state index is 11.8. The van der Waals surface area contributed by atoms with Crippen LogP contribution in [0.25, 0.3) is 11.3 Å². The van der Waals surface area contributed by atoms with Gasteiger partial charge in [0, 0.05) is 22.0 Å². The lowest BCUT2D eigenvalue weighted by Gasteiger charge is -1.98. The third-order valence-electron chi connectivity index (χ3n) is 2.52. The molecular weight excluding hydrogens is 294 g/mol. The van der Waals surface area contributed by atoms with Gasteiger partial charge in [-0.1, -0.05) is 16.6 Å². The van der Waals surface area contributed by atoms with E-state index in [9.17, 15) is 4.79 Å². The van der Waals surface area contributed by atoms with Crippen LogP contribution in [0.3, 0.4) is 0 Å². The summed E-state index contributed by atoms with van der Waals surface area (Å²) in [4.78, 5) is 16.2. The molecule has 0 aliphatic rings. The van der Waals surface area contributed by atoms with E-state index < -0.39 is 0 Å². The number of nitrogens with zero attached hydrogens (tertiary/aromatic N) is 3. The van der Waals surface area contributed by atoms with Gasteiger partial charge in [-0.3, -0.25) is 10.1 Å². The maximum absolute atomic E-state index is 11.8. The second-order valence-electron chi connectivity index (χ2n) is 3.90. The monoisotopic (exact) mass is 303 g/mol. The van der Waals surface area contributed by atoms with Crippen LogP contribution in [0.1, 0.15) is 10.5 Å². The van der Waals surface area contributed by atoms with E-state index in [1.165, 1.54) is 11.3 Å². The fourth-order valence-corrected chi connectivity index (χ4v) is 2.69. The average molecular weight is 303 g/mol. The molecule has 100 valence electrons. The molecule has 3 N–H and O–H groups in total. The number of benzene rings is 1. The Morgan fingerprint density at radius 1 is 1.20 bits per heavy atom. The molecule has 2 heterocycles. The van der Waals surface area contributed by atoms with Crippen LogP contribution < -0.4 is 11.1 Å². The summed E-state index contributed by atoms with van der Waals surface area (Å²) in [6, 6.07) is 7.41. The van der Waals surface area contributed by atoms with Gasteiger partial charge in [-0.05, 0) is 23.7 Å². The number of nitrogens with two attached hydrogens (primary N) is 1. The highest BCUT2D eigenvalue weighted by atomic mass is 32.1. The van der Waals surface area contributed by atoms with Crippen molar-refractivity contribution in [3.8, 4) is 11.3 Å². The molecule has 0 spiro atoms. The van der Waals surface area contributed by atoms with Crippen LogP contribution in [0, 0.1) is 0 Å². The minimum Gasteiger partial charge on any atom is -0.399 e. The van der Waals surface area contributed by atoms with Crippen molar-refractivity contribution in [2.75, 3.05) is 11.1 Å². The first-order chi connectivity index (χ1) is 9.72. The second kappa shape index (κ2) is 5.35. The van der Waals surface area contributed by atoms with Gasteiger partial charge in [0.05, 0.1) is 5.69 Å². The van der Waals surface area contributed by atoms with E-state index >= 15 is 0 Å². The quantitative estimate of drug-likeness (QED) is 0.725. The number of nitrogen functional groups attached to an aromatic ring is 1. The Kier molecular flexibility index (Phi) is 3.40. The van der Waals surface area contributed by atoms with Crippen molar-refractivity contribution >= 4 is 39.6 Å². The first kappa shape index (κ1) is 12.7. The molecule has 20 heavy (non-hydrogen) atoms. The van der Waals surface area contributed by atoms with Crippen LogP contribution in [0.15, 0.2) is 35.0 Å². The molecule has 1 amide bonds. The van der Waals surface area contributed by atoms with E-state index in [1.807, 2.05) is 29.6 Å². The molecule has 0 atom stereocenters. The first-order valence-corrected chi connectivity index (χ1v) is 7.34. The molecule has 0 saturated carbocycles. The van der Waals surface area contributed by atoms with Crippen molar-refractivity contribution in [2.45, 2.75) is 0 Å². The molecular formula is C12H9N5OS2. The van der Waals surface area contributed by atoms with Crippen LogP contribution in [0.4, 0.5) is 10.8 Å². The zero-order valence-electron chi connectivity index (χ0n) is 10.1. The van der Waals surface area contributed by atoms with Crippen LogP contribution >= 0.6 is 22.9 Å². The van der Waals surface area contributed by atoms with Gasteiger partial charge >= 0.3 is 0 Å². The van der Waals surface area contributed by atoms with Crippen molar-refractivity contribution in [3.63, 3.8) is 0 Å². The summed E-state index contributed by atoms with van der Waals surface area (Å²) in [5.74, 6) is -0.308. The van der Waals surface area contributed by atoms with E-state index in [1.54, 1.807) is 5.38 Å². The van der Waals surface area contributed by atoms with Gasteiger partial charge in [-0.25, -0.2) is 4.98 Å². The molecule has 1 aromatic carbocycles. The molecule has 8 heteroatoms. The Bertz CT molecular complexity index is 721. The van der Waals surface area contributed by atoms with Crippen LogP contribution in [0.2, 0.25) is 0 Å². The van der Waals surface area contributed by atoms with Crippen molar-refractivity contribution in [1.82, 2.24) is 14.6 Å². The third kappa shape index (κ3) is 2.65. The Morgan fingerprint density at radius 2 is 2.00 bits per heavy atom. The van der Waals surface area contributed by atoms with E-state index in [0.29, 0.717) is 16.5 Å². The Morgan fingerprint density at radius 3 is 2.70 bits per heavy atom. The molecule has 0 aliphatic carbocycles. The fourth-order valence-electron chi connectivity index (χ4n) is 1.54. The van der Waals surface area contributed by atoms with Gasteiger partial charge in [0.25, 0.3) is 5.91 Å². The minimum atomic E-state index is -0.308. The summed E-state index contributed by atoms with van der Waals surface area (Å²) < 4.78 is 3.65. The summed E-state index contributed by atoms with van der Waals surface area (Å²) in [6.45, 7) is 0. The number of carbonyl (C=O) groups is 1. The van der Waals surface area contributed by atoms with Gasteiger partial charge < -0.3 is 5.73 Å². The summed E-state index contributed by atoms with van der Waals surface area (Å²) >= 11 is 2.49. The largest absolute Gasteiger partial charge is 0.399 e. The van der Waals surface area contributed by atoms with Gasteiger partial charge in [-0.2, -0.15) is 0 Å². The fraction of sp³-hybridized carbons (Fsp3) is 0. The first-order valence-electron chi connectivity index (χ1n) is 5.62. The zero-order valence-corrected chi connectivity index (χ0v) is 11.7. The molecule has 0 unspecified atom stereocenters. The van der Waals surface area contributed by atoms with E-state index in [0.717, 1.165) is 22.8 Å². The Hall–Kier alpha value is -2.32. The number of carbonyl (C=O) groups excluding carboxylic acids is 1. The number of hydrogen-bond donors (Lipinski definition) is 2. The highest BCUT2D eigenvalue weighted by Crippen LogP contribution is 2.25. The van der Waals surface area contributed by atoms with Crippen LogP contribution in [-0.4, -0.2) is 20.5 Å². The smallest absolute Gasteiger partial charge is 0.278 e. The van der Waals surface area contributed by atoms with Gasteiger partial charge in [0.1, 0.15) is 0 Å². The van der Waals surface area contributed by atoms with Crippen molar-refractivity contribution in [2.24, 2.45) is 0 Å². The SMILES string of the molecule is Nc1ccc(-c2csc(NC(=O)c3csnn3)n2)cc1. The maximum Gasteiger partial charge on any atom is 0.278 e. The third-order valence-corrected chi connectivity index (χ3v) is 3.79. The molecule has 0 fully saturated rings. The predicted octanol–water partition coefficient (Wildman–Crippen LogP) is 2.50. The summed E-state index contributed by atoms with van der Waals surface area (Å²) in [5.41, 5.74) is 8.38. The lowest BCUT2D eigenvalue weighted by atomic mass is 10.1. The zero-order chi connectivity index (χ0) is 13.9. The number of hydrogen-bond acceptors (Lipinski definition) is 7. The van der Waals surface area contributed by atoms with Crippen molar-refractivity contribution in [3.05, 3.63) is 40.7 Å². The molecule has 3 rings (SSSR count). The molecule has 0 saturated heterocycles. The number of rotatable bonds is 3. The highest BCUT2D eigenvalue weighted by Gasteiger charge is 2.12. The highest BCUT2D eigenvalue weighted by molar-refractivity contribution is 7.14. The average Bonchev–Trinajstić information content (AvgIpc) is 3.10. The molecule has 6 nitrogen and oxygen atoms in total. The topological polar surface area (TPSA) is 93.8 Å². The molecule has 0 radical (unpaired) electrons. The molecule has 0 aliphatic heterocycles. The Balaban J connectivity index is 1.77. The van der Waals surface area contributed by atoms with Gasteiger partial charge in [0.2, 0.25) is 0 Å².